The highest BCUT2D eigenvalue weighted by atomic mass is 35.5. The minimum Gasteiger partial charge on any atom is -0.395 e. The van der Waals surface area contributed by atoms with Crippen LogP contribution in [0.3, 0.4) is 0 Å². The van der Waals surface area contributed by atoms with Gasteiger partial charge >= 0.3 is 0 Å². The number of β-amino-alcohol motifs (C(OH)–C–C–N with tert-alkyl or cyclic N) is 2. The van der Waals surface area contributed by atoms with Crippen molar-refractivity contribution >= 4 is 69.1 Å². The molecule has 2 aliphatic rings. The third-order valence-corrected chi connectivity index (χ3v) is 17.7. The number of fused-ring (bicyclic) bond motifs is 2. The molecule has 0 saturated heterocycles. The normalized spacial score (nSPS) is 13.5. The van der Waals surface area contributed by atoms with E-state index in [0.29, 0.717) is 68.8 Å². The molecule has 17 heteroatoms. The summed E-state index contributed by atoms with van der Waals surface area (Å²) in [6, 6.07) is 61.5. The molecule has 3 atom stereocenters. The van der Waals surface area contributed by atoms with Crippen molar-refractivity contribution in [3.8, 4) is 0 Å². The van der Waals surface area contributed by atoms with Crippen molar-refractivity contribution in [1.82, 2.24) is 0 Å². The molecule has 92 heavy (non-hydrogen) atoms. The van der Waals surface area contributed by atoms with E-state index in [-0.39, 0.29) is 81.9 Å². The van der Waals surface area contributed by atoms with Crippen LogP contribution in [0.15, 0.2) is 182 Å². The summed E-state index contributed by atoms with van der Waals surface area (Å²) in [5, 5.41) is 76.7. The Bertz CT molecular complexity index is 3520. The summed E-state index contributed by atoms with van der Waals surface area (Å²) in [5.74, 6) is 0.241. The summed E-state index contributed by atoms with van der Waals surface area (Å²) < 4.78 is 0. The van der Waals surface area contributed by atoms with Gasteiger partial charge in [-0.1, -0.05) is 153 Å². The standard InChI is InChI=1S/C27H29ClN2O4.C27H31ClN2O3.C21H28ClNO2/c28-23-6-1-19(2-7-23)27(20-3-8-24(9-4-20)29(11-14-31)12-15-32)21-5-10-25-22(17-21)18-26(34)30(25)13-16-33;28-24-6-1-20(2-7-24)27(21-3-8-25(9-4-21)29(13-16-31)14-17-32)23-5-10-26-22(19-23)11-12-30(26)15-18-33;1-21(2,3)20(16-4-8-18(22)9-5-16)17-6-10-19(11-7-17)23(12-14-24)13-15-25/h1-10,17,27,31-33H,11-16,18H2;1-10,19,27,31-33H,11-18H2;4-11,20,24-25H,12-15H2,1-3H3. The maximum Gasteiger partial charge on any atom is 0.231 e. The molecule has 0 bridgehead atoms. The molecule has 8 aromatic carbocycles. The largest absolute Gasteiger partial charge is 0.395 e. The van der Waals surface area contributed by atoms with E-state index in [0.717, 1.165) is 63.0 Å². The summed E-state index contributed by atoms with van der Waals surface area (Å²) >= 11 is 18.4. The van der Waals surface area contributed by atoms with Gasteiger partial charge in [0, 0.05) is 120 Å². The van der Waals surface area contributed by atoms with Crippen molar-refractivity contribution in [3.05, 3.63) is 253 Å². The average Bonchev–Trinajstić information content (AvgIpc) is 1.51. The molecule has 2 aliphatic heterocycles. The first-order chi connectivity index (χ1) is 44.6. The molecule has 10 rings (SSSR count). The fraction of sp³-hybridized carbons (Fsp3) is 0.347. The van der Waals surface area contributed by atoms with Gasteiger partial charge in [0.15, 0.2) is 0 Å². The number of nitrogens with zero attached hydrogens (tertiary/aromatic N) is 5. The number of anilines is 5. The van der Waals surface area contributed by atoms with Gasteiger partial charge in [0.25, 0.3) is 0 Å². The minimum atomic E-state index is -0.0732. The number of aliphatic hydroxyl groups excluding tert-OH is 8. The predicted molar refractivity (Wildman–Crippen MR) is 375 cm³/mol. The van der Waals surface area contributed by atoms with Gasteiger partial charge < -0.3 is 65.4 Å². The van der Waals surface area contributed by atoms with Crippen LogP contribution in [0.2, 0.25) is 15.1 Å². The Morgan fingerprint density at radius 1 is 0.391 bits per heavy atom. The zero-order valence-electron chi connectivity index (χ0n) is 52.8. The van der Waals surface area contributed by atoms with E-state index in [2.05, 4.69) is 135 Å². The third-order valence-electron chi connectivity index (χ3n) is 17.0. The summed E-state index contributed by atoms with van der Waals surface area (Å²) in [7, 11) is 0. The van der Waals surface area contributed by atoms with Gasteiger partial charge in [-0.15, -0.1) is 0 Å². The second kappa shape index (κ2) is 34.8. The Morgan fingerprint density at radius 2 is 0.707 bits per heavy atom. The third kappa shape index (κ3) is 18.4. The lowest BCUT2D eigenvalue weighted by Gasteiger charge is -2.32. The van der Waals surface area contributed by atoms with Crippen LogP contribution >= 0.6 is 34.8 Å². The monoisotopic (exact) mass is 1310 g/mol. The predicted octanol–water partition coefficient (Wildman–Crippen LogP) is 11.2. The smallest absolute Gasteiger partial charge is 0.231 e. The molecule has 0 radical (unpaired) electrons. The van der Waals surface area contributed by atoms with Crippen LogP contribution in [0.25, 0.3) is 0 Å². The molecule has 0 aromatic heterocycles. The Kier molecular flexibility index (Phi) is 26.8. The van der Waals surface area contributed by atoms with Gasteiger partial charge in [0.2, 0.25) is 5.91 Å². The fourth-order valence-electron chi connectivity index (χ4n) is 12.7. The fourth-order valence-corrected chi connectivity index (χ4v) is 13.1. The molecule has 1 amide bonds. The lowest BCUT2D eigenvalue weighted by molar-refractivity contribution is -0.117. The summed E-state index contributed by atoms with van der Waals surface area (Å²) in [5.41, 5.74) is 16.6. The zero-order valence-corrected chi connectivity index (χ0v) is 55.1. The second-order valence-corrected chi connectivity index (χ2v) is 25.4. The lowest BCUT2D eigenvalue weighted by Crippen LogP contribution is -2.29. The Morgan fingerprint density at radius 3 is 1.05 bits per heavy atom. The van der Waals surface area contributed by atoms with Crippen LogP contribution < -0.4 is 24.5 Å². The molecule has 8 aromatic rings. The van der Waals surface area contributed by atoms with Crippen molar-refractivity contribution < 1.29 is 45.6 Å². The van der Waals surface area contributed by atoms with E-state index < -0.39 is 0 Å². The molecule has 3 unspecified atom stereocenters. The van der Waals surface area contributed by atoms with E-state index in [9.17, 15) is 45.6 Å². The number of rotatable bonds is 27. The van der Waals surface area contributed by atoms with Gasteiger partial charge in [-0.05, 0) is 152 Å². The molecule has 8 N–H and O–H groups in total. The van der Waals surface area contributed by atoms with E-state index >= 15 is 0 Å². The number of carbonyl (C=O) groups excluding carboxylic acids is 1. The first-order valence-electron chi connectivity index (χ1n) is 31.6. The molecular weight excluding hydrogens is 1220 g/mol. The molecule has 14 nitrogen and oxygen atoms in total. The van der Waals surface area contributed by atoms with Crippen molar-refractivity contribution in [2.45, 2.75) is 51.4 Å². The maximum atomic E-state index is 12.4. The molecular formula is C75H88Cl3N5O9. The Balaban J connectivity index is 0.000000180. The van der Waals surface area contributed by atoms with Crippen LogP contribution in [-0.4, -0.2) is 159 Å². The van der Waals surface area contributed by atoms with Crippen LogP contribution in [0, 0.1) is 5.41 Å². The maximum absolute atomic E-state index is 12.4. The molecule has 0 spiro atoms. The SMILES string of the molecule is CC(C)(C)C(c1ccc(Cl)cc1)c1ccc(N(CCO)CCO)cc1.O=C1Cc2cc(C(c3ccc(Cl)cc3)c3ccc(N(CCO)CCO)cc3)ccc2N1CCO.OCCN(CCO)c1ccc(C(c2ccc(Cl)cc2)c2ccc3c(c2)CCN3CCO)cc1. The lowest BCUT2D eigenvalue weighted by atomic mass is 9.72. The summed E-state index contributed by atoms with van der Waals surface area (Å²) in [6.07, 6.45) is 1.31. The average molecular weight is 1310 g/mol. The van der Waals surface area contributed by atoms with Crippen LogP contribution in [-0.2, 0) is 17.6 Å². The minimum absolute atomic E-state index is 0.00135. The van der Waals surface area contributed by atoms with Gasteiger partial charge in [-0.2, -0.15) is 0 Å². The molecule has 0 saturated carbocycles. The van der Waals surface area contributed by atoms with Crippen molar-refractivity contribution in [1.29, 1.82) is 0 Å². The van der Waals surface area contributed by atoms with Gasteiger partial charge in [-0.3, -0.25) is 4.79 Å². The van der Waals surface area contributed by atoms with Crippen LogP contribution in [0.4, 0.5) is 28.4 Å². The Hall–Kier alpha value is -7.02. The highest BCUT2D eigenvalue weighted by Gasteiger charge is 2.31. The number of benzene rings is 8. The van der Waals surface area contributed by atoms with E-state index in [4.69, 9.17) is 34.8 Å². The molecule has 2 heterocycles. The number of amides is 1. The first kappa shape index (κ1) is 70.8. The van der Waals surface area contributed by atoms with Gasteiger partial charge in [-0.25, -0.2) is 0 Å². The van der Waals surface area contributed by atoms with Crippen LogP contribution in [0.5, 0.6) is 0 Å². The number of halogens is 3. The first-order valence-corrected chi connectivity index (χ1v) is 32.7. The number of hydrogen-bond donors (Lipinski definition) is 8. The van der Waals surface area contributed by atoms with Crippen LogP contribution in [0.1, 0.15) is 94.2 Å². The quantitative estimate of drug-likeness (QED) is 0.0227. The topological polar surface area (TPSA) is 195 Å². The summed E-state index contributed by atoms with van der Waals surface area (Å²) in [6.45, 7) is 11.8. The number of aliphatic hydroxyl groups is 8. The van der Waals surface area contributed by atoms with Crippen molar-refractivity contribution in [2.24, 2.45) is 5.41 Å². The molecule has 0 aliphatic carbocycles. The van der Waals surface area contributed by atoms with E-state index in [1.54, 1.807) is 4.90 Å². The van der Waals surface area contributed by atoms with Gasteiger partial charge in [0.05, 0.1) is 59.3 Å². The number of carbonyl (C=O) groups is 1. The highest BCUT2D eigenvalue weighted by Crippen LogP contribution is 2.43. The zero-order chi connectivity index (χ0) is 65.7. The molecule has 488 valence electrons. The van der Waals surface area contributed by atoms with Crippen molar-refractivity contribution in [3.63, 3.8) is 0 Å². The highest BCUT2D eigenvalue weighted by molar-refractivity contribution is 6.31. The van der Waals surface area contributed by atoms with E-state index in [1.807, 2.05) is 87.5 Å². The summed E-state index contributed by atoms with van der Waals surface area (Å²) in [4.78, 5) is 22.2. The number of hydrogen-bond acceptors (Lipinski definition) is 13. The second-order valence-electron chi connectivity index (χ2n) is 24.1. The van der Waals surface area contributed by atoms with Crippen molar-refractivity contribution in [2.75, 3.05) is 136 Å². The van der Waals surface area contributed by atoms with E-state index in [1.165, 1.54) is 39.1 Å². The van der Waals surface area contributed by atoms with Gasteiger partial charge in [0.1, 0.15) is 0 Å². The molecule has 0 fully saturated rings. The Labute approximate surface area is 557 Å².